The molecule has 0 saturated carbocycles. The van der Waals surface area contributed by atoms with Crippen molar-refractivity contribution in [2.75, 3.05) is 6.54 Å². The standard InChI is InChI=1S/C22H28N4O2/c1-4-24-21(25-14-15-8-7-9-16(12-15)20(23)27)26-18-13-22(2,3)28-19-11-6-5-10-17(18)19/h5-12,18H,4,13-14H2,1-3H3,(H2,23,27)(H2,24,25,26). The Balaban J connectivity index is 1.80. The Morgan fingerprint density at radius 2 is 2.04 bits per heavy atom. The van der Waals surface area contributed by atoms with Crippen molar-refractivity contribution < 1.29 is 9.53 Å². The molecule has 1 unspecified atom stereocenters. The summed E-state index contributed by atoms with van der Waals surface area (Å²) >= 11 is 0. The molecule has 2 aromatic rings. The van der Waals surface area contributed by atoms with Gasteiger partial charge in [-0.15, -0.1) is 0 Å². The Labute approximate surface area is 166 Å². The second-order valence-corrected chi connectivity index (χ2v) is 7.56. The van der Waals surface area contributed by atoms with Crippen LogP contribution in [0, 0.1) is 0 Å². The van der Waals surface area contributed by atoms with Gasteiger partial charge in [-0.1, -0.05) is 30.3 Å². The number of para-hydroxylation sites is 1. The van der Waals surface area contributed by atoms with Gasteiger partial charge < -0.3 is 21.1 Å². The molecular formula is C22H28N4O2. The number of hydrogen-bond acceptors (Lipinski definition) is 3. The average Bonchev–Trinajstić information content (AvgIpc) is 2.65. The van der Waals surface area contributed by atoms with E-state index in [1.807, 2.05) is 37.3 Å². The van der Waals surface area contributed by atoms with Crippen LogP contribution in [0.1, 0.15) is 54.7 Å². The molecule has 0 fully saturated rings. The fourth-order valence-electron chi connectivity index (χ4n) is 3.41. The molecule has 0 saturated heterocycles. The number of carbonyl (C=O) groups excluding carboxylic acids is 1. The number of guanidine groups is 1. The van der Waals surface area contributed by atoms with Crippen molar-refractivity contribution >= 4 is 11.9 Å². The van der Waals surface area contributed by atoms with E-state index < -0.39 is 5.91 Å². The summed E-state index contributed by atoms with van der Waals surface area (Å²) in [5.74, 6) is 1.20. The number of aliphatic imine (C=N–C) groups is 1. The monoisotopic (exact) mass is 380 g/mol. The highest BCUT2D eigenvalue weighted by atomic mass is 16.5. The van der Waals surface area contributed by atoms with Crippen LogP contribution in [0.4, 0.5) is 0 Å². The number of nitrogens with two attached hydrogens (primary N) is 1. The smallest absolute Gasteiger partial charge is 0.248 e. The first-order chi connectivity index (χ1) is 13.4. The van der Waals surface area contributed by atoms with Crippen molar-refractivity contribution in [3.05, 3.63) is 65.2 Å². The molecule has 28 heavy (non-hydrogen) atoms. The summed E-state index contributed by atoms with van der Waals surface area (Å²) in [7, 11) is 0. The van der Waals surface area contributed by atoms with E-state index in [1.165, 1.54) is 0 Å². The Morgan fingerprint density at radius 3 is 2.79 bits per heavy atom. The fourth-order valence-corrected chi connectivity index (χ4v) is 3.41. The first-order valence-electron chi connectivity index (χ1n) is 9.59. The lowest BCUT2D eigenvalue weighted by atomic mass is 9.90. The van der Waals surface area contributed by atoms with Gasteiger partial charge in [0.2, 0.25) is 5.91 Å². The second kappa shape index (κ2) is 8.33. The van der Waals surface area contributed by atoms with Crippen molar-refractivity contribution in [1.82, 2.24) is 10.6 Å². The lowest BCUT2D eigenvalue weighted by Gasteiger charge is -2.38. The van der Waals surface area contributed by atoms with E-state index in [4.69, 9.17) is 15.5 Å². The van der Waals surface area contributed by atoms with Crippen LogP contribution in [-0.2, 0) is 6.54 Å². The third-order valence-electron chi connectivity index (χ3n) is 4.66. The molecule has 1 amide bonds. The number of fused-ring (bicyclic) bond motifs is 1. The number of amides is 1. The molecule has 1 aliphatic heterocycles. The van der Waals surface area contributed by atoms with Gasteiger partial charge in [0.05, 0.1) is 12.6 Å². The Kier molecular flexibility index (Phi) is 5.87. The van der Waals surface area contributed by atoms with Crippen LogP contribution in [0.3, 0.4) is 0 Å². The van der Waals surface area contributed by atoms with Crippen molar-refractivity contribution in [2.45, 2.75) is 45.4 Å². The molecule has 1 atom stereocenters. The maximum atomic E-state index is 11.4. The molecule has 1 aliphatic rings. The van der Waals surface area contributed by atoms with E-state index in [0.717, 1.165) is 35.8 Å². The molecule has 148 valence electrons. The van der Waals surface area contributed by atoms with Gasteiger partial charge in [-0.3, -0.25) is 4.79 Å². The highest BCUT2D eigenvalue weighted by molar-refractivity contribution is 5.92. The fraction of sp³-hybridized carbons (Fsp3) is 0.364. The van der Waals surface area contributed by atoms with E-state index in [1.54, 1.807) is 12.1 Å². The number of nitrogens with one attached hydrogen (secondary N) is 2. The molecule has 0 spiro atoms. The predicted molar refractivity (Wildman–Crippen MR) is 111 cm³/mol. The minimum Gasteiger partial charge on any atom is -0.487 e. The normalized spacial score (nSPS) is 18.0. The summed E-state index contributed by atoms with van der Waals surface area (Å²) in [6.45, 7) is 7.42. The topological polar surface area (TPSA) is 88.7 Å². The third kappa shape index (κ3) is 4.82. The Hall–Kier alpha value is -3.02. The van der Waals surface area contributed by atoms with Gasteiger partial charge in [-0.05, 0) is 44.5 Å². The summed E-state index contributed by atoms with van der Waals surface area (Å²) in [5, 5.41) is 6.85. The van der Waals surface area contributed by atoms with Crippen LogP contribution in [0.2, 0.25) is 0 Å². The molecular weight excluding hydrogens is 352 g/mol. The molecule has 0 aromatic heterocycles. The molecule has 0 radical (unpaired) electrons. The van der Waals surface area contributed by atoms with Gasteiger partial charge >= 0.3 is 0 Å². The molecule has 4 N–H and O–H groups in total. The zero-order chi connectivity index (χ0) is 20.1. The summed E-state index contributed by atoms with van der Waals surface area (Å²) < 4.78 is 6.11. The van der Waals surface area contributed by atoms with Gasteiger partial charge in [-0.25, -0.2) is 4.99 Å². The summed E-state index contributed by atoms with van der Waals surface area (Å²) in [6, 6.07) is 15.4. The van der Waals surface area contributed by atoms with Crippen LogP contribution >= 0.6 is 0 Å². The van der Waals surface area contributed by atoms with Crippen molar-refractivity contribution in [3.8, 4) is 5.75 Å². The van der Waals surface area contributed by atoms with Crippen molar-refractivity contribution in [1.29, 1.82) is 0 Å². The summed E-state index contributed by atoms with van der Waals surface area (Å²) in [5.41, 5.74) is 7.66. The van der Waals surface area contributed by atoms with E-state index in [-0.39, 0.29) is 11.6 Å². The Morgan fingerprint density at radius 1 is 1.25 bits per heavy atom. The summed E-state index contributed by atoms with van der Waals surface area (Å²) in [4.78, 5) is 16.1. The highest BCUT2D eigenvalue weighted by Gasteiger charge is 2.33. The quantitative estimate of drug-likeness (QED) is 0.549. The molecule has 2 aromatic carbocycles. The number of hydrogen-bond donors (Lipinski definition) is 3. The number of benzene rings is 2. The van der Waals surface area contributed by atoms with Crippen molar-refractivity contribution in [3.63, 3.8) is 0 Å². The maximum Gasteiger partial charge on any atom is 0.248 e. The Bertz CT molecular complexity index is 876. The lowest BCUT2D eigenvalue weighted by molar-refractivity contribution is 0.0694. The van der Waals surface area contributed by atoms with Crippen LogP contribution < -0.4 is 21.1 Å². The lowest BCUT2D eigenvalue weighted by Crippen LogP contribution is -2.45. The highest BCUT2D eigenvalue weighted by Crippen LogP contribution is 2.39. The number of nitrogens with zero attached hydrogens (tertiary/aromatic N) is 1. The molecule has 0 bridgehead atoms. The average molecular weight is 380 g/mol. The van der Waals surface area contributed by atoms with Crippen molar-refractivity contribution in [2.24, 2.45) is 10.7 Å². The van der Waals surface area contributed by atoms with E-state index in [9.17, 15) is 4.79 Å². The molecule has 6 heteroatoms. The molecule has 6 nitrogen and oxygen atoms in total. The molecule has 1 heterocycles. The SMILES string of the molecule is CCNC(=NCc1cccc(C(N)=O)c1)NC1CC(C)(C)Oc2ccccc21. The maximum absolute atomic E-state index is 11.4. The molecule has 3 rings (SSSR count). The van der Waals surface area contributed by atoms with Gasteiger partial charge in [-0.2, -0.15) is 0 Å². The van der Waals surface area contributed by atoms with Gasteiger partial charge in [0.1, 0.15) is 11.4 Å². The first kappa shape index (κ1) is 19.7. The number of rotatable bonds is 5. The van der Waals surface area contributed by atoms with E-state index in [0.29, 0.717) is 12.1 Å². The van der Waals surface area contributed by atoms with Crippen LogP contribution in [-0.4, -0.2) is 24.0 Å². The van der Waals surface area contributed by atoms with E-state index in [2.05, 4.69) is 30.5 Å². The zero-order valence-corrected chi connectivity index (χ0v) is 16.7. The van der Waals surface area contributed by atoms with E-state index >= 15 is 0 Å². The second-order valence-electron chi connectivity index (χ2n) is 7.56. The minimum absolute atomic E-state index is 0.0923. The van der Waals surface area contributed by atoms with Crippen LogP contribution in [0.5, 0.6) is 5.75 Å². The van der Waals surface area contributed by atoms with Gasteiger partial charge in [0.25, 0.3) is 0 Å². The largest absolute Gasteiger partial charge is 0.487 e. The van der Waals surface area contributed by atoms with Crippen LogP contribution in [0.25, 0.3) is 0 Å². The first-order valence-corrected chi connectivity index (χ1v) is 9.59. The predicted octanol–water partition coefficient (Wildman–Crippen LogP) is 3.14. The number of ether oxygens (including phenoxy) is 1. The zero-order valence-electron chi connectivity index (χ0n) is 16.7. The number of carbonyl (C=O) groups is 1. The van der Waals surface area contributed by atoms with Gasteiger partial charge in [0.15, 0.2) is 5.96 Å². The summed E-state index contributed by atoms with van der Waals surface area (Å²) in [6.07, 6.45) is 0.825. The van der Waals surface area contributed by atoms with Gasteiger partial charge in [0, 0.05) is 24.1 Å². The van der Waals surface area contributed by atoms with Crippen LogP contribution in [0.15, 0.2) is 53.5 Å². The minimum atomic E-state index is -0.433. The number of primary amides is 1. The molecule has 0 aliphatic carbocycles. The third-order valence-corrected chi connectivity index (χ3v) is 4.66.